The van der Waals surface area contributed by atoms with E-state index in [2.05, 4.69) is 18.2 Å². The molecule has 0 fully saturated rings. The van der Waals surface area contributed by atoms with Crippen LogP contribution in [-0.2, 0) is 11.2 Å². The molecule has 1 atom stereocenters. The van der Waals surface area contributed by atoms with Crippen LogP contribution < -0.4 is 4.90 Å². The second-order valence-electron chi connectivity index (χ2n) is 4.97. The molecule has 1 heterocycles. The summed E-state index contributed by atoms with van der Waals surface area (Å²) in [5.74, 6) is 0.0981. The second kappa shape index (κ2) is 5.63. The van der Waals surface area contributed by atoms with Gasteiger partial charge in [0.15, 0.2) is 0 Å². The molecule has 21 heavy (non-hydrogen) atoms. The van der Waals surface area contributed by atoms with Gasteiger partial charge in [-0.25, -0.2) is 0 Å². The fourth-order valence-corrected chi connectivity index (χ4v) is 3.71. The van der Waals surface area contributed by atoms with Crippen LogP contribution in [-0.4, -0.2) is 18.2 Å². The Morgan fingerprint density at radius 1 is 1.24 bits per heavy atom. The van der Waals surface area contributed by atoms with Crippen molar-refractivity contribution in [2.24, 2.45) is 0 Å². The predicted molar refractivity (Wildman–Crippen MR) is 84.4 cm³/mol. The normalized spacial score (nSPS) is 16.1. The van der Waals surface area contributed by atoms with E-state index in [-0.39, 0.29) is 11.2 Å². The van der Waals surface area contributed by atoms with Crippen molar-refractivity contribution < 1.29 is 4.79 Å². The molecule has 1 aliphatic heterocycles. The van der Waals surface area contributed by atoms with Crippen molar-refractivity contribution >= 4 is 23.4 Å². The lowest BCUT2D eigenvalue weighted by atomic mass is 10.1. The third-order valence-electron chi connectivity index (χ3n) is 3.64. The fraction of sp³-hybridized carbons (Fsp3) is 0.176. The lowest BCUT2D eigenvalue weighted by Gasteiger charge is -2.20. The maximum Gasteiger partial charge on any atom is 0.240 e. The van der Waals surface area contributed by atoms with E-state index in [1.54, 1.807) is 35.8 Å². The molecule has 0 aromatic heterocycles. The molecule has 0 spiro atoms. The summed E-state index contributed by atoms with van der Waals surface area (Å²) in [7, 11) is 1.78. The van der Waals surface area contributed by atoms with Gasteiger partial charge in [0.2, 0.25) is 5.91 Å². The van der Waals surface area contributed by atoms with E-state index >= 15 is 0 Å². The third-order valence-corrected chi connectivity index (χ3v) is 4.94. The molecule has 1 aliphatic rings. The quantitative estimate of drug-likeness (QED) is 0.854. The van der Waals surface area contributed by atoms with Crippen LogP contribution in [0.1, 0.15) is 11.1 Å². The highest BCUT2D eigenvalue weighted by atomic mass is 32.2. The molecular formula is C17H14N2OS. The number of nitrogens with zero attached hydrogens (tertiary/aromatic N) is 2. The minimum atomic E-state index is -0.0666. The minimum absolute atomic E-state index is 0.0666. The van der Waals surface area contributed by atoms with Crippen LogP contribution in [0.25, 0.3) is 0 Å². The number of amides is 1. The van der Waals surface area contributed by atoms with Gasteiger partial charge >= 0.3 is 0 Å². The van der Waals surface area contributed by atoms with E-state index in [1.807, 2.05) is 24.3 Å². The van der Waals surface area contributed by atoms with Crippen LogP contribution >= 0.6 is 11.8 Å². The SMILES string of the molecule is CN(C(=O)C1Cc2ccccc2S1)c1ccc(C#N)cc1. The summed E-state index contributed by atoms with van der Waals surface area (Å²) < 4.78 is 0. The molecule has 2 aromatic rings. The number of nitriles is 1. The third kappa shape index (κ3) is 2.65. The maximum atomic E-state index is 12.6. The molecule has 1 unspecified atom stereocenters. The number of hydrogen-bond acceptors (Lipinski definition) is 3. The number of benzene rings is 2. The average molecular weight is 294 g/mol. The largest absolute Gasteiger partial charge is 0.315 e. The average Bonchev–Trinajstić information content (AvgIpc) is 2.97. The Labute approximate surface area is 128 Å². The van der Waals surface area contributed by atoms with E-state index in [9.17, 15) is 4.79 Å². The van der Waals surface area contributed by atoms with Gasteiger partial charge in [0, 0.05) is 17.6 Å². The molecule has 3 rings (SSSR count). The van der Waals surface area contributed by atoms with Crippen LogP contribution in [0.2, 0.25) is 0 Å². The van der Waals surface area contributed by atoms with Crippen molar-refractivity contribution in [1.29, 1.82) is 5.26 Å². The molecule has 0 bridgehead atoms. The number of fused-ring (bicyclic) bond motifs is 1. The summed E-state index contributed by atoms with van der Waals surface area (Å²) in [6, 6.07) is 17.3. The summed E-state index contributed by atoms with van der Waals surface area (Å²) in [4.78, 5) is 15.5. The summed E-state index contributed by atoms with van der Waals surface area (Å²) in [6.45, 7) is 0. The first-order valence-electron chi connectivity index (χ1n) is 6.71. The van der Waals surface area contributed by atoms with Gasteiger partial charge < -0.3 is 4.90 Å². The summed E-state index contributed by atoms with van der Waals surface area (Å²) in [5.41, 5.74) is 2.66. The fourth-order valence-electron chi connectivity index (χ4n) is 2.42. The number of carbonyl (C=O) groups excluding carboxylic acids is 1. The second-order valence-corrected chi connectivity index (χ2v) is 6.22. The van der Waals surface area contributed by atoms with Gasteiger partial charge in [0.1, 0.15) is 0 Å². The highest BCUT2D eigenvalue weighted by Crippen LogP contribution is 2.37. The lowest BCUT2D eigenvalue weighted by Crippen LogP contribution is -2.34. The minimum Gasteiger partial charge on any atom is -0.315 e. The van der Waals surface area contributed by atoms with Gasteiger partial charge in [-0.1, -0.05) is 18.2 Å². The topological polar surface area (TPSA) is 44.1 Å². The molecule has 0 saturated heterocycles. The predicted octanol–water partition coefficient (Wildman–Crippen LogP) is 3.24. The Hall–Kier alpha value is -2.25. The van der Waals surface area contributed by atoms with Gasteiger partial charge in [-0.15, -0.1) is 11.8 Å². The Balaban J connectivity index is 1.75. The van der Waals surface area contributed by atoms with Crippen molar-refractivity contribution in [3.63, 3.8) is 0 Å². The molecule has 2 aromatic carbocycles. The van der Waals surface area contributed by atoms with Gasteiger partial charge in [-0.05, 0) is 42.3 Å². The standard InChI is InChI=1S/C17H14N2OS/c1-19(14-8-6-12(11-18)7-9-14)17(20)16-10-13-4-2-3-5-15(13)21-16/h2-9,16H,10H2,1H3. The Morgan fingerprint density at radius 3 is 2.62 bits per heavy atom. The van der Waals surface area contributed by atoms with Crippen molar-refractivity contribution in [1.82, 2.24) is 0 Å². The number of rotatable bonds is 2. The zero-order valence-electron chi connectivity index (χ0n) is 11.6. The highest BCUT2D eigenvalue weighted by molar-refractivity contribution is 8.01. The smallest absolute Gasteiger partial charge is 0.240 e. The summed E-state index contributed by atoms with van der Waals surface area (Å²) in [5, 5.41) is 8.75. The van der Waals surface area contributed by atoms with Crippen molar-refractivity contribution in [2.75, 3.05) is 11.9 Å². The zero-order chi connectivity index (χ0) is 14.8. The maximum absolute atomic E-state index is 12.6. The first-order chi connectivity index (χ1) is 10.2. The van der Waals surface area contributed by atoms with Crippen LogP contribution in [0, 0.1) is 11.3 Å². The van der Waals surface area contributed by atoms with Gasteiger partial charge in [-0.3, -0.25) is 4.79 Å². The Bertz CT molecular complexity index is 693. The van der Waals surface area contributed by atoms with Crippen LogP contribution in [0.4, 0.5) is 5.69 Å². The Morgan fingerprint density at radius 2 is 1.95 bits per heavy atom. The molecule has 3 nitrogen and oxygen atoms in total. The van der Waals surface area contributed by atoms with E-state index in [1.165, 1.54) is 10.5 Å². The van der Waals surface area contributed by atoms with Crippen LogP contribution in [0.3, 0.4) is 0 Å². The van der Waals surface area contributed by atoms with Gasteiger partial charge in [0.25, 0.3) is 0 Å². The van der Waals surface area contributed by atoms with Crippen LogP contribution in [0.5, 0.6) is 0 Å². The Kier molecular flexibility index (Phi) is 3.68. The number of anilines is 1. The van der Waals surface area contributed by atoms with E-state index in [0.717, 1.165) is 12.1 Å². The van der Waals surface area contributed by atoms with E-state index in [0.29, 0.717) is 5.56 Å². The first-order valence-corrected chi connectivity index (χ1v) is 7.59. The van der Waals surface area contributed by atoms with Crippen molar-refractivity contribution in [3.05, 3.63) is 59.7 Å². The highest BCUT2D eigenvalue weighted by Gasteiger charge is 2.30. The van der Waals surface area contributed by atoms with Crippen molar-refractivity contribution in [3.8, 4) is 6.07 Å². The van der Waals surface area contributed by atoms with Gasteiger partial charge in [0.05, 0.1) is 16.9 Å². The molecule has 0 N–H and O–H groups in total. The molecule has 0 saturated carbocycles. The number of carbonyl (C=O) groups is 1. The van der Waals surface area contributed by atoms with E-state index in [4.69, 9.17) is 5.26 Å². The molecule has 0 radical (unpaired) electrons. The summed E-state index contributed by atoms with van der Waals surface area (Å²) in [6.07, 6.45) is 0.778. The summed E-state index contributed by atoms with van der Waals surface area (Å²) >= 11 is 1.63. The number of hydrogen-bond donors (Lipinski definition) is 0. The molecule has 104 valence electrons. The van der Waals surface area contributed by atoms with Crippen molar-refractivity contribution in [2.45, 2.75) is 16.6 Å². The molecule has 0 aliphatic carbocycles. The molecular weight excluding hydrogens is 280 g/mol. The molecule has 1 amide bonds. The van der Waals surface area contributed by atoms with Gasteiger partial charge in [-0.2, -0.15) is 5.26 Å². The zero-order valence-corrected chi connectivity index (χ0v) is 12.4. The number of thioether (sulfide) groups is 1. The first kappa shape index (κ1) is 13.7. The van der Waals surface area contributed by atoms with E-state index < -0.39 is 0 Å². The van der Waals surface area contributed by atoms with Crippen LogP contribution in [0.15, 0.2) is 53.4 Å². The lowest BCUT2D eigenvalue weighted by molar-refractivity contribution is -0.117. The molecule has 4 heteroatoms. The monoisotopic (exact) mass is 294 g/mol.